The van der Waals surface area contributed by atoms with Gasteiger partial charge in [0.2, 0.25) is 5.91 Å². The lowest BCUT2D eigenvalue weighted by atomic mass is 10.0. The third-order valence-corrected chi connectivity index (χ3v) is 2.35. The van der Waals surface area contributed by atoms with Crippen LogP contribution in [0.25, 0.3) is 0 Å². The molecule has 0 rings (SSSR count). The van der Waals surface area contributed by atoms with Crippen LogP contribution in [-0.2, 0) is 14.3 Å². The minimum absolute atomic E-state index is 0.0492. The number of nitrogens with one attached hydrogen (secondary N) is 1. The van der Waals surface area contributed by atoms with Gasteiger partial charge in [0.05, 0.1) is 6.04 Å². The summed E-state index contributed by atoms with van der Waals surface area (Å²) in [6.45, 7) is 9.32. The van der Waals surface area contributed by atoms with Gasteiger partial charge in [0.1, 0.15) is 12.6 Å². The zero-order chi connectivity index (χ0) is 14.3. The summed E-state index contributed by atoms with van der Waals surface area (Å²) in [5.41, 5.74) is 6.52. The lowest BCUT2D eigenvalue weighted by molar-refractivity contribution is -0.148. The summed E-state index contributed by atoms with van der Waals surface area (Å²) >= 11 is 0. The number of carbonyl (C=O) groups excluding carboxylic acids is 2. The lowest BCUT2D eigenvalue weighted by Crippen LogP contribution is -2.50. The highest BCUT2D eigenvalue weighted by atomic mass is 16.5. The highest BCUT2D eigenvalue weighted by Gasteiger charge is 2.26. The number of hydrogen-bond donors (Lipinski definition) is 2. The van der Waals surface area contributed by atoms with Crippen LogP contribution in [0, 0.1) is 5.92 Å². The largest absolute Gasteiger partial charge is 0.460 e. The van der Waals surface area contributed by atoms with E-state index in [1.165, 1.54) is 0 Å². The van der Waals surface area contributed by atoms with Crippen LogP contribution in [0.4, 0.5) is 0 Å². The Hall–Kier alpha value is -1.36. The fourth-order valence-electron chi connectivity index (χ4n) is 1.16. The van der Waals surface area contributed by atoms with Crippen molar-refractivity contribution in [3.8, 4) is 0 Å². The van der Waals surface area contributed by atoms with E-state index in [1.807, 2.05) is 33.8 Å². The van der Waals surface area contributed by atoms with Crippen molar-refractivity contribution < 1.29 is 14.3 Å². The van der Waals surface area contributed by atoms with Gasteiger partial charge in [0.25, 0.3) is 0 Å². The number of rotatable bonds is 6. The molecule has 3 N–H and O–H groups in total. The number of esters is 1. The maximum atomic E-state index is 11.8. The molecule has 1 amide bonds. The lowest BCUT2D eigenvalue weighted by Gasteiger charge is -2.21. The Morgan fingerprint density at radius 1 is 1.28 bits per heavy atom. The second-order valence-corrected chi connectivity index (χ2v) is 4.93. The van der Waals surface area contributed by atoms with Crippen molar-refractivity contribution >= 4 is 11.9 Å². The molecule has 0 unspecified atom stereocenters. The van der Waals surface area contributed by atoms with E-state index in [4.69, 9.17) is 10.5 Å². The maximum Gasteiger partial charge on any atom is 0.329 e. The average Bonchev–Trinajstić information content (AvgIpc) is 2.23. The molecule has 2 atom stereocenters. The summed E-state index contributed by atoms with van der Waals surface area (Å²) in [5, 5.41) is 2.59. The van der Waals surface area contributed by atoms with Crippen LogP contribution in [0.3, 0.4) is 0 Å². The van der Waals surface area contributed by atoms with Crippen molar-refractivity contribution in [3.63, 3.8) is 0 Å². The Labute approximate surface area is 109 Å². The molecule has 0 aliphatic rings. The van der Waals surface area contributed by atoms with Gasteiger partial charge in [-0.1, -0.05) is 19.4 Å². The number of nitrogens with two attached hydrogens (primary N) is 1. The zero-order valence-electron chi connectivity index (χ0n) is 11.8. The Bertz CT molecular complexity index is 318. The maximum absolute atomic E-state index is 11.8. The van der Waals surface area contributed by atoms with Crippen LogP contribution in [0.5, 0.6) is 0 Å². The molecule has 0 aliphatic carbocycles. The minimum Gasteiger partial charge on any atom is -0.460 e. The number of amides is 1. The second kappa shape index (κ2) is 7.87. The van der Waals surface area contributed by atoms with E-state index in [2.05, 4.69) is 5.32 Å². The van der Waals surface area contributed by atoms with Gasteiger partial charge in [0, 0.05) is 0 Å². The molecule has 0 radical (unpaired) electrons. The summed E-state index contributed by atoms with van der Waals surface area (Å²) in [4.78, 5) is 23.3. The summed E-state index contributed by atoms with van der Waals surface area (Å²) in [6, 6.07) is -1.30. The predicted molar refractivity (Wildman–Crippen MR) is 70.8 cm³/mol. The molecule has 0 aromatic rings. The number of ether oxygens (including phenoxy) is 1. The number of hydrogen-bond acceptors (Lipinski definition) is 4. The van der Waals surface area contributed by atoms with Gasteiger partial charge in [-0.2, -0.15) is 0 Å². The predicted octanol–water partition coefficient (Wildman–Crippen LogP) is 0.984. The average molecular weight is 256 g/mol. The molecule has 0 saturated heterocycles. The molecule has 104 valence electrons. The molecule has 0 aliphatic heterocycles. The highest BCUT2D eigenvalue weighted by Crippen LogP contribution is 2.05. The molecule has 0 spiro atoms. The van der Waals surface area contributed by atoms with Crippen LogP contribution in [0.15, 0.2) is 11.6 Å². The van der Waals surface area contributed by atoms with E-state index in [0.717, 1.165) is 5.57 Å². The van der Waals surface area contributed by atoms with Gasteiger partial charge in [-0.25, -0.2) is 4.79 Å². The Morgan fingerprint density at radius 2 is 1.83 bits per heavy atom. The first kappa shape index (κ1) is 16.6. The quantitative estimate of drug-likeness (QED) is 0.548. The summed E-state index contributed by atoms with van der Waals surface area (Å²) < 4.78 is 5.09. The Balaban J connectivity index is 4.46. The first-order valence-electron chi connectivity index (χ1n) is 6.11. The molecular formula is C13H24N2O3. The molecular weight excluding hydrogens is 232 g/mol. The van der Waals surface area contributed by atoms with E-state index in [9.17, 15) is 9.59 Å². The smallest absolute Gasteiger partial charge is 0.329 e. The van der Waals surface area contributed by atoms with Crippen molar-refractivity contribution in [2.24, 2.45) is 11.7 Å². The zero-order valence-corrected chi connectivity index (χ0v) is 11.8. The van der Waals surface area contributed by atoms with Crippen LogP contribution in [0.1, 0.15) is 34.6 Å². The number of carbonyl (C=O) groups is 2. The molecule has 0 fully saturated rings. The van der Waals surface area contributed by atoms with Crippen LogP contribution >= 0.6 is 0 Å². The third kappa shape index (κ3) is 6.39. The fourth-order valence-corrected chi connectivity index (χ4v) is 1.16. The third-order valence-electron chi connectivity index (χ3n) is 2.35. The van der Waals surface area contributed by atoms with E-state index in [0.29, 0.717) is 0 Å². The van der Waals surface area contributed by atoms with Gasteiger partial charge in [-0.3, -0.25) is 4.79 Å². The van der Waals surface area contributed by atoms with Crippen molar-refractivity contribution in [2.45, 2.75) is 46.7 Å². The first-order chi connectivity index (χ1) is 8.25. The first-order valence-corrected chi connectivity index (χ1v) is 6.11. The molecule has 0 saturated carbocycles. The molecule has 0 aromatic carbocycles. The number of allylic oxidation sites excluding steroid dienone is 1. The van der Waals surface area contributed by atoms with E-state index in [-0.39, 0.29) is 18.4 Å². The highest BCUT2D eigenvalue weighted by molar-refractivity contribution is 5.87. The van der Waals surface area contributed by atoms with Gasteiger partial charge in [-0.15, -0.1) is 0 Å². The topological polar surface area (TPSA) is 81.4 Å². The van der Waals surface area contributed by atoms with Crippen molar-refractivity contribution in [2.75, 3.05) is 6.61 Å². The van der Waals surface area contributed by atoms with Gasteiger partial charge >= 0.3 is 5.97 Å². The van der Waals surface area contributed by atoms with Crippen molar-refractivity contribution in [1.82, 2.24) is 5.32 Å². The monoisotopic (exact) mass is 256 g/mol. The van der Waals surface area contributed by atoms with Crippen LogP contribution in [0.2, 0.25) is 0 Å². The Kier molecular flexibility index (Phi) is 7.27. The molecule has 18 heavy (non-hydrogen) atoms. The molecule has 0 heterocycles. The standard InChI is InChI=1S/C13H24N2O3/c1-8(2)6-7-18-13(17)11(9(3)4)15-12(16)10(5)14/h6,9-11H,7,14H2,1-5H3,(H,15,16)/t10-,11-/m0/s1. The van der Waals surface area contributed by atoms with Crippen LogP contribution < -0.4 is 11.1 Å². The van der Waals surface area contributed by atoms with Gasteiger partial charge in [0.15, 0.2) is 0 Å². The molecule has 5 heteroatoms. The van der Waals surface area contributed by atoms with E-state index in [1.54, 1.807) is 6.92 Å². The minimum atomic E-state index is -0.658. The second-order valence-electron chi connectivity index (χ2n) is 4.93. The van der Waals surface area contributed by atoms with Crippen LogP contribution in [-0.4, -0.2) is 30.6 Å². The molecule has 0 bridgehead atoms. The van der Waals surface area contributed by atoms with E-state index >= 15 is 0 Å². The SMILES string of the molecule is CC(C)=CCOC(=O)[C@@H](NC(=O)[C@H](C)N)C(C)C. The van der Waals surface area contributed by atoms with Gasteiger partial charge < -0.3 is 15.8 Å². The van der Waals surface area contributed by atoms with Gasteiger partial charge in [-0.05, 0) is 32.8 Å². The Morgan fingerprint density at radius 3 is 2.22 bits per heavy atom. The molecule has 0 aromatic heterocycles. The normalized spacial score (nSPS) is 13.7. The van der Waals surface area contributed by atoms with Crippen molar-refractivity contribution in [1.29, 1.82) is 0 Å². The fraction of sp³-hybridized carbons (Fsp3) is 0.692. The summed E-state index contributed by atoms with van der Waals surface area (Å²) in [6.07, 6.45) is 1.81. The summed E-state index contributed by atoms with van der Waals surface area (Å²) in [7, 11) is 0. The molecule has 5 nitrogen and oxygen atoms in total. The van der Waals surface area contributed by atoms with Crippen molar-refractivity contribution in [3.05, 3.63) is 11.6 Å². The summed E-state index contributed by atoms with van der Waals surface area (Å²) in [5.74, 6) is -0.837. The van der Waals surface area contributed by atoms with E-state index < -0.39 is 18.1 Å².